The van der Waals surface area contributed by atoms with E-state index in [1.54, 1.807) is 0 Å². The van der Waals surface area contributed by atoms with Crippen molar-refractivity contribution in [1.82, 2.24) is 15.1 Å². The molecule has 78 valence electrons. The largest absolute Gasteiger partial charge is 0.319 e. The molecule has 0 aliphatic heterocycles. The quantitative estimate of drug-likeness (QED) is 0.737. The molecule has 0 unspecified atom stereocenters. The van der Waals surface area contributed by atoms with E-state index in [1.807, 2.05) is 25.7 Å². The topological polar surface area (TPSA) is 29.9 Å². The molecule has 0 amide bonds. The highest BCUT2D eigenvalue weighted by atomic mass is 15.3. The molecule has 0 aliphatic carbocycles. The van der Waals surface area contributed by atoms with Crippen LogP contribution in [0.15, 0.2) is 6.08 Å². The Morgan fingerprint density at radius 1 is 1.43 bits per heavy atom. The average molecular weight is 193 g/mol. The van der Waals surface area contributed by atoms with E-state index in [2.05, 4.69) is 29.5 Å². The summed E-state index contributed by atoms with van der Waals surface area (Å²) in [6.07, 6.45) is 5.41. The lowest BCUT2D eigenvalue weighted by Gasteiger charge is -1.95. The van der Waals surface area contributed by atoms with Gasteiger partial charge in [-0.15, -0.1) is 0 Å². The van der Waals surface area contributed by atoms with Crippen LogP contribution in [-0.4, -0.2) is 23.4 Å². The van der Waals surface area contributed by atoms with Crippen LogP contribution >= 0.6 is 0 Å². The minimum atomic E-state index is 1.02. The average Bonchev–Trinajstić information content (AvgIpc) is 2.38. The van der Waals surface area contributed by atoms with Crippen molar-refractivity contribution < 1.29 is 0 Å². The van der Waals surface area contributed by atoms with Crippen LogP contribution in [0.1, 0.15) is 23.4 Å². The highest BCUT2D eigenvalue weighted by Gasteiger charge is 2.04. The Hall–Kier alpha value is -1.09. The fourth-order valence-electron chi connectivity index (χ4n) is 1.46. The van der Waals surface area contributed by atoms with Crippen molar-refractivity contribution in [2.45, 2.75) is 20.3 Å². The van der Waals surface area contributed by atoms with Crippen molar-refractivity contribution in [2.24, 2.45) is 7.05 Å². The molecule has 1 aromatic rings. The molecular formula is C11H19N3. The fourth-order valence-corrected chi connectivity index (χ4v) is 1.46. The Morgan fingerprint density at radius 2 is 2.14 bits per heavy atom. The zero-order chi connectivity index (χ0) is 10.6. The Kier molecular flexibility index (Phi) is 3.89. The maximum Gasteiger partial charge on any atom is 0.0668 e. The van der Waals surface area contributed by atoms with Gasteiger partial charge in [-0.3, -0.25) is 4.68 Å². The summed E-state index contributed by atoms with van der Waals surface area (Å²) in [4.78, 5) is 0. The number of nitrogens with zero attached hydrogens (tertiary/aromatic N) is 2. The summed E-state index contributed by atoms with van der Waals surface area (Å²) in [6.45, 7) is 5.16. The van der Waals surface area contributed by atoms with Crippen molar-refractivity contribution in [3.8, 4) is 0 Å². The number of aryl methyl sites for hydroxylation is 2. The number of hydrogen-bond acceptors (Lipinski definition) is 2. The Labute approximate surface area is 85.8 Å². The molecule has 0 fully saturated rings. The summed E-state index contributed by atoms with van der Waals surface area (Å²) in [6, 6.07) is 0. The van der Waals surface area contributed by atoms with Crippen LogP contribution in [0.4, 0.5) is 0 Å². The third-order valence-electron chi connectivity index (χ3n) is 2.41. The molecule has 0 atom stereocenters. The van der Waals surface area contributed by atoms with E-state index in [1.165, 1.54) is 11.3 Å². The monoisotopic (exact) mass is 193 g/mol. The minimum absolute atomic E-state index is 1.02. The van der Waals surface area contributed by atoms with E-state index in [4.69, 9.17) is 0 Å². The van der Waals surface area contributed by atoms with Crippen molar-refractivity contribution in [1.29, 1.82) is 0 Å². The molecule has 1 rings (SSSR count). The number of rotatable bonds is 4. The van der Waals surface area contributed by atoms with Gasteiger partial charge in [0.1, 0.15) is 0 Å². The van der Waals surface area contributed by atoms with E-state index in [0.29, 0.717) is 0 Å². The van der Waals surface area contributed by atoms with E-state index >= 15 is 0 Å². The molecule has 0 saturated heterocycles. The van der Waals surface area contributed by atoms with Gasteiger partial charge in [0.05, 0.1) is 5.69 Å². The molecular weight excluding hydrogens is 174 g/mol. The first-order chi connectivity index (χ1) is 6.66. The van der Waals surface area contributed by atoms with Crippen LogP contribution in [0.25, 0.3) is 6.08 Å². The molecule has 0 spiro atoms. The molecule has 0 radical (unpaired) electrons. The SMILES string of the molecule is CNCCC=Cc1c(C)nn(C)c1C. The molecule has 3 heteroatoms. The van der Waals surface area contributed by atoms with Gasteiger partial charge in [0.15, 0.2) is 0 Å². The first kappa shape index (κ1) is 11.0. The predicted molar refractivity (Wildman–Crippen MR) is 60.3 cm³/mol. The van der Waals surface area contributed by atoms with Gasteiger partial charge < -0.3 is 5.32 Å². The van der Waals surface area contributed by atoms with Crippen LogP contribution < -0.4 is 5.32 Å². The lowest BCUT2D eigenvalue weighted by molar-refractivity contribution is 0.731. The zero-order valence-electron chi connectivity index (χ0n) is 9.46. The van der Waals surface area contributed by atoms with Gasteiger partial charge in [-0.1, -0.05) is 12.2 Å². The van der Waals surface area contributed by atoms with Crippen LogP contribution in [0.2, 0.25) is 0 Å². The van der Waals surface area contributed by atoms with Gasteiger partial charge in [-0.05, 0) is 33.9 Å². The van der Waals surface area contributed by atoms with Crippen LogP contribution in [0.5, 0.6) is 0 Å². The molecule has 0 aliphatic rings. The van der Waals surface area contributed by atoms with Crippen molar-refractivity contribution >= 4 is 6.08 Å². The second-order valence-corrected chi connectivity index (χ2v) is 3.50. The van der Waals surface area contributed by atoms with E-state index in [0.717, 1.165) is 18.7 Å². The maximum atomic E-state index is 4.36. The highest BCUT2D eigenvalue weighted by Crippen LogP contribution is 2.13. The van der Waals surface area contributed by atoms with Crippen LogP contribution in [0, 0.1) is 13.8 Å². The second-order valence-electron chi connectivity index (χ2n) is 3.50. The summed E-state index contributed by atoms with van der Waals surface area (Å²) in [5.74, 6) is 0. The Bertz CT molecular complexity index is 324. The molecule has 3 nitrogen and oxygen atoms in total. The lowest BCUT2D eigenvalue weighted by Crippen LogP contribution is -2.05. The Morgan fingerprint density at radius 3 is 2.64 bits per heavy atom. The second kappa shape index (κ2) is 4.96. The summed E-state index contributed by atoms with van der Waals surface area (Å²) in [5, 5.41) is 7.48. The summed E-state index contributed by atoms with van der Waals surface area (Å²) in [5.41, 5.74) is 3.58. The molecule has 1 N–H and O–H groups in total. The van der Waals surface area contributed by atoms with Gasteiger partial charge in [-0.25, -0.2) is 0 Å². The molecule has 0 saturated carbocycles. The van der Waals surface area contributed by atoms with Gasteiger partial charge >= 0.3 is 0 Å². The maximum absolute atomic E-state index is 4.36. The first-order valence-electron chi connectivity index (χ1n) is 4.98. The molecule has 14 heavy (non-hydrogen) atoms. The third kappa shape index (κ3) is 2.45. The third-order valence-corrected chi connectivity index (χ3v) is 2.41. The van der Waals surface area contributed by atoms with E-state index in [-0.39, 0.29) is 0 Å². The van der Waals surface area contributed by atoms with E-state index < -0.39 is 0 Å². The first-order valence-corrected chi connectivity index (χ1v) is 4.98. The number of aromatic nitrogens is 2. The Balaban J connectivity index is 2.70. The summed E-state index contributed by atoms with van der Waals surface area (Å²) < 4.78 is 1.92. The zero-order valence-corrected chi connectivity index (χ0v) is 9.46. The van der Waals surface area contributed by atoms with Crippen LogP contribution in [-0.2, 0) is 7.05 Å². The van der Waals surface area contributed by atoms with E-state index in [9.17, 15) is 0 Å². The number of nitrogens with one attached hydrogen (secondary N) is 1. The predicted octanol–water partition coefficient (Wildman–Crippen LogP) is 1.66. The molecule has 1 heterocycles. The minimum Gasteiger partial charge on any atom is -0.319 e. The standard InChI is InChI=1S/C11H19N3/c1-9-11(7-5-6-8-12-3)10(2)14(4)13-9/h5,7,12H,6,8H2,1-4H3. The summed E-state index contributed by atoms with van der Waals surface area (Å²) in [7, 11) is 3.95. The van der Waals surface area contributed by atoms with Gasteiger partial charge in [-0.2, -0.15) is 5.10 Å². The van der Waals surface area contributed by atoms with Gasteiger partial charge in [0, 0.05) is 18.3 Å². The van der Waals surface area contributed by atoms with Crippen molar-refractivity contribution in [3.05, 3.63) is 23.0 Å². The van der Waals surface area contributed by atoms with Crippen LogP contribution in [0.3, 0.4) is 0 Å². The lowest BCUT2D eigenvalue weighted by atomic mass is 10.2. The smallest absolute Gasteiger partial charge is 0.0668 e. The normalized spacial score (nSPS) is 11.4. The highest BCUT2D eigenvalue weighted by molar-refractivity contribution is 5.54. The fraction of sp³-hybridized carbons (Fsp3) is 0.545. The number of hydrogen-bond donors (Lipinski definition) is 1. The molecule has 1 aromatic heterocycles. The summed E-state index contributed by atoms with van der Waals surface area (Å²) >= 11 is 0. The van der Waals surface area contributed by atoms with Gasteiger partial charge in [0.2, 0.25) is 0 Å². The van der Waals surface area contributed by atoms with Gasteiger partial charge in [0.25, 0.3) is 0 Å². The molecule has 0 bridgehead atoms. The van der Waals surface area contributed by atoms with Crippen molar-refractivity contribution in [3.63, 3.8) is 0 Å². The van der Waals surface area contributed by atoms with Crippen molar-refractivity contribution in [2.75, 3.05) is 13.6 Å². The molecule has 0 aromatic carbocycles.